The standard InChI is InChI=1S/C11H10ClNO3/c1-2-8(7-11(12)14)9-4-3-5-10(6-9)13(15)16/h3-7H,2H2,1H3. The topological polar surface area (TPSA) is 60.2 Å². The first-order valence-corrected chi connectivity index (χ1v) is 5.07. The summed E-state index contributed by atoms with van der Waals surface area (Å²) in [6, 6.07) is 6.12. The summed E-state index contributed by atoms with van der Waals surface area (Å²) in [5.74, 6) is 0. The summed E-state index contributed by atoms with van der Waals surface area (Å²) in [5, 5.41) is 10.00. The summed E-state index contributed by atoms with van der Waals surface area (Å²) in [4.78, 5) is 20.9. The van der Waals surface area contributed by atoms with Crippen LogP contribution < -0.4 is 0 Å². The smallest absolute Gasteiger partial charge is 0.270 e. The summed E-state index contributed by atoms with van der Waals surface area (Å²) in [6.07, 6.45) is 1.86. The number of halogens is 1. The molecule has 16 heavy (non-hydrogen) atoms. The van der Waals surface area contributed by atoms with Crippen molar-refractivity contribution in [2.75, 3.05) is 0 Å². The number of nitro benzene ring substituents is 1. The lowest BCUT2D eigenvalue weighted by Gasteiger charge is -2.03. The van der Waals surface area contributed by atoms with Crippen LogP contribution in [0.1, 0.15) is 18.9 Å². The van der Waals surface area contributed by atoms with E-state index < -0.39 is 10.2 Å². The SMILES string of the molecule is CCC(=CC(=O)Cl)c1cccc([N+](=O)[O-])c1. The highest BCUT2D eigenvalue weighted by molar-refractivity contribution is 6.67. The molecular formula is C11H10ClNO3. The average Bonchev–Trinajstić information content (AvgIpc) is 2.25. The maximum Gasteiger partial charge on any atom is 0.270 e. The number of nitrogens with zero attached hydrogens (tertiary/aromatic N) is 1. The molecule has 1 rings (SSSR count). The molecule has 0 heterocycles. The molecule has 0 aliphatic rings. The van der Waals surface area contributed by atoms with Gasteiger partial charge in [-0.15, -0.1) is 0 Å². The third kappa shape index (κ3) is 3.17. The number of nitro groups is 1. The van der Waals surface area contributed by atoms with Crippen molar-refractivity contribution in [1.82, 2.24) is 0 Å². The number of hydrogen-bond acceptors (Lipinski definition) is 3. The molecule has 0 aromatic heterocycles. The van der Waals surface area contributed by atoms with Crippen molar-refractivity contribution in [2.45, 2.75) is 13.3 Å². The molecule has 1 aromatic rings. The minimum Gasteiger partial charge on any atom is -0.276 e. The number of non-ortho nitro benzene ring substituents is 1. The fourth-order valence-corrected chi connectivity index (χ4v) is 1.48. The average molecular weight is 240 g/mol. The van der Waals surface area contributed by atoms with Gasteiger partial charge in [0.1, 0.15) is 0 Å². The van der Waals surface area contributed by atoms with E-state index in [0.717, 1.165) is 0 Å². The zero-order chi connectivity index (χ0) is 12.1. The second kappa shape index (κ2) is 5.42. The van der Waals surface area contributed by atoms with Crippen molar-refractivity contribution >= 4 is 28.1 Å². The molecule has 0 amide bonds. The van der Waals surface area contributed by atoms with Crippen molar-refractivity contribution in [3.05, 3.63) is 46.0 Å². The number of carbonyl (C=O) groups excluding carboxylic acids is 1. The molecule has 0 aliphatic heterocycles. The fourth-order valence-electron chi connectivity index (χ4n) is 1.35. The molecule has 0 spiro atoms. The van der Waals surface area contributed by atoms with Crippen LogP contribution in [0.4, 0.5) is 5.69 Å². The molecule has 4 nitrogen and oxygen atoms in total. The molecule has 0 saturated carbocycles. The van der Waals surface area contributed by atoms with Crippen LogP contribution in [0.5, 0.6) is 0 Å². The maximum atomic E-state index is 10.8. The zero-order valence-electron chi connectivity index (χ0n) is 8.64. The van der Waals surface area contributed by atoms with E-state index >= 15 is 0 Å². The lowest BCUT2D eigenvalue weighted by atomic mass is 10.0. The van der Waals surface area contributed by atoms with Crippen LogP contribution >= 0.6 is 11.6 Å². The van der Waals surface area contributed by atoms with Gasteiger partial charge < -0.3 is 0 Å². The van der Waals surface area contributed by atoms with Crippen molar-refractivity contribution in [1.29, 1.82) is 0 Å². The van der Waals surface area contributed by atoms with E-state index in [0.29, 0.717) is 17.6 Å². The van der Waals surface area contributed by atoms with E-state index in [1.165, 1.54) is 18.2 Å². The second-order valence-electron chi connectivity index (χ2n) is 3.13. The summed E-state index contributed by atoms with van der Waals surface area (Å²) >= 11 is 5.25. The minimum absolute atomic E-state index is 0.00104. The van der Waals surface area contributed by atoms with E-state index in [2.05, 4.69) is 0 Å². The third-order valence-corrected chi connectivity index (χ3v) is 2.21. The van der Waals surface area contributed by atoms with Crippen LogP contribution in [0.3, 0.4) is 0 Å². The van der Waals surface area contributed by atoms with Crippen LogP contribution in [0, 0.1) is 10.1 Å². The van der Waals surface area contributed by atoms with Gasteiger partial charge in [0.05, 0.1) is 4.92 Å². The van der Waals surface area contributed by atoms with Crippen LogP contribution in [0.2, 0.25) is 0 Å². The van der Waals surface area contributed by atoms with E-state index in [9.17, 15) is 14.9 Å². The Morgan fingerprint density at radius 3 is 2.75 bits per heavy atom. The normalized spacial score (nSPS) is 11.2. The lowest BCUT2D eigenvalue weighted by Crippen LogP contribution is -1.91. The third-order valence-electron chi connectivity index (χ3n) is 2.10. The molecule has 0 unspecified atom stereocenters. The molecular weight excluding hydrogens is 230 g/mol. The molecule has 0 N–H and O–H groups in total. The summed E-state index contributed by atoms with van der Waals surface area (Å²) in [5.41, 5.74) is 1.33. The van der Waals surface area contributed by atoms with Crippen molar-refractivity contribution < 1.29 is 9.72 Å². The quantitative estimate of drug-likeness (QED) is 0.351. The van der Waals surface area contributed by atoms with Gasteiger partial charge in [0.15, 0.2) is 0 Å². The molecule has 1 aromatic carbocycles. The first-order valence-electron chi connectivity index (χ1n) is 4.69. The van der Waals surface area contributed by atoms with Crippen molar-refractivity contribution in [2.24, 2.45) is 0 Å². The highest BCUT2D eigenvalue weighted by atomic mass is 35.5. The fraction of sp³-hybridized carbons (Fsp3) is 0.182. The predicted octanol–water partition coefficient (Wildman–Crippen LogP) is 3.15. The minimum atomic E-state index is -0.580. The Bertz CT molecular complexity index is 454. The Labute approximate surface area is 97.7 Å². The van der Waals surface area contributed by atoms with Gasteiger partial charge in [-0.3, -0.25) is 14.9 Å². The molecule has 84 valence electrons. The summed E-state index contributed by atoms with van der Waals surface area (Å²) < 4.78 is 0. The van der Waals surface area contributed by atoms with Gasteiger partial charge in [-0.1, -0.05) is 19.1 Å². The Kier molecular flexibility index (Phi) is 4.19. The first-order chi connectivity index (χ1) is 7.54. The number of hydrogen-bond donors (Lipinski definition) is 0. The predicted molar refractivity (Wildman–Crippen MR) is 62.2 cm³/mol. The summed E-state index contributed by atoms with van der Waals surface area (Å²) in [7, 11) is 0. The van der Waals surface area contributed by atoms with Gasteiger partial charge in [-0.05, 0) is 29.2 Å². The van der Waals surface area contributed by atoms with E-state index in [1.807, 2.05) is 6.92 Å². The molecule has 0 atom stereocenters. The van der Waals surface area contributed by atoms with Gasteiger partial charge in [-0.25, -0.2) is 0 Å². The van der Waals surface area contributed by atoms with Crippen LogP contribution in [-0.2, 0) is 4.79 Å². The van der Waals surface area contributed by atoms with Gasteiger partial charge in [-0.2, -0.15) is 0 Å². The van der Waals surface area contributed by atoms with Gasteiger partial charge in [0.25, 0.3) is 5.69 Å². The van der Waals surface area contributed by atoms with Crippen LogP contribution in [0.25, 0.3) is 5.57 Å². The molecule has 0 aliphatic carbocycles. The number of benzene rings is 1. The molecule has 0 saturated heterocycles. The highest BCUT2D eigenvalue weighted by Gasteiger charge is 2.08. The largest absolute Gasteiger partial charge is 0.276 e. The van der Waals surface area contributed by atoms with Crippen LogP contribution in [0.15, 0.2) is 30.3 Å². The zero-order valence-corrected chi connectivity index (χ0v) is 9.40. The lowest BCUT2D eigenvalue weighted by molar-refractivity contribution is -0.384. The van der Waals surface area contributed by atoms with Crippen molar-refractivity contribution in [3.8, 4) is 0 Å². The van der Waals surface area contributed by atoms with Crippen molar-refractivity contribution in [3.63, 3.8) is 0 Å². The van der Waals surface area contributed by atoms with Gasteiger partial charge in [0.2, 0.25) is 5.24 Å². The monoisotopic (exact) mass is 239 g/mol. The maximum absolute atomic E-state index is 10.8. The Hall–Kier alpha value is -1.68. The van der Waals surface area contributed by atoms with E-state index in [-0.39, 0.29) is 5.69 Å². The van der Waals surface area contributed by atoms with E-state index in [4.69, 9.17) is 11.6 Å². The molecule has 0 radical (unpaired) electrons. The van der Waals surface area contributed by atoms with Gasteiger partial charge >= 0.3 is 0 Å². The van der Waals surface area contributed by atoms with Crippen LogP contribution in [-0.4, -0.2) is 10.2 Å². The number of allylic oxidation sites excluding steroid dienone is 2. The molecule has 0 bridgehead atoms. The number of carbonyl (C=O) groups is 1. The molecule has 5 heteroatoms. The Morgan fingerprint density at radius 2 is 2.25 bits per heavy atom. The molecule has 0 fully saturated rings. The summed E-state index contributed by atoms with van der Waals surface area (Å²) in [6.45, 7) is 1.85. The van der Waals surface area contributed by atoms with Gasteiger partial charge in [0, 0.05) is 18.2 Å². The Balaban J connectivity index is 3.16. The highest BCUT2D eigenvalue weighted by Crippen LogP contribution is 2.22. The second-order valence-corrected chi connectivity index (χ2v) is 3.51. The first kappa shape index (κ1) is 12.4. The van der Waals surface area contributed by atoms with E-state index in [1.54, 1.807) is 12.1 Å². The Morgan fingerprint density at radius 1 is 1.56 bits per heavy atom. The number of rotatable bonds is 4.